The quantitative estimate of drug-likeness (QED) is 0.172. The summed E-state index contributed by atoms with van der Waals surface area (Å²) < 4.78 is 17.6. The molecule has 4 bridgehead atoms. The molecule has 5 rings (SSSR count). The molecule has 10 nitrogen and oxygen atoms in total. The largest absolute Gasteiger partial charge is 0.394 e. The molecule has 1 saturated heterocycles. The van der Waals surface area contributed by atoms with Crippen molar-refractivity contribution < 1.29 is 34.6 Å². The van der Waals surface area contributed by atoms with Crippen molar-refractivity contribution in [2.45, 2.75) is 69.2 Å². The van der Waals surface area contributed by atoms with Gasteiger partial charge in [-0.25, -0.2) is 10.2 Å². The number of aliphatic hydroxyl groups excluding tert-OH is 4. The highest BCUT2D eigenvalue weighted by molar-refractivity contribution is 7.53. The Bertz CT molecular complexity index is 603. The first-order valence-corrected chi connectivity index (χ1v) is 12.2. The van der Waals surface area contributed by atoms with Crippen LogP contribution in [0.3, 0.4) is 0 Å². The van der Waals surface area contributed by atoms with Crippen molar-refractivity contribution >= 4 is 7.67 Å². The number of hydrogen-bond donors (Lipinski definition) is 8. The summed E-state index contributed by atoms with van der Waals surface area (Å²) >= 11 is 0. The maximum Gasteiger partial charge on any atom is 0.339 e. The first-order chi connectivity index (χ1) is 13.7. The molecule has 0 aromatic carbocycles. The van der Waals surface area contributed by atoms with E-state index in [1.807, 2.05) is 0 Å². The van der Waals surface area contributed by atoms with Gasteiger partial charge in [-0.2, -0.15) is 0 Å². The molecule has 0 radical (unpaired) electrons. The highest BCUT2D eigenvalue weighted by Gasteiger charge is 2.51. The third-order valence-electron chi connectivity index (χ3n) is 7.36. The van der Waals surface area contributed by atoms with Gasteiger partial charge < -0.3 is 30.1 Å². The van der Waals surface area contributed by atoms with Gasteiger partial charge in [0.2, 0.25) is 0 Å². The summed E-state index contributed by atoms with van der Waals surface area (Å²) in [6.45, 7) is -0.216. The molecular formula is C18H34N3O7P. The van der Waals surface area contributed by atoms with Crippen molar-refractivity contribution in [2.24, 2.45) is 23.2 Å². The summed E-state index contributed by atoms with van der Waals surface area (Å²) in [6, 6.07) is -1.07. The van der Waals surface area contributed by atoms with Crippen molar-refractivity contribution in [3.05, 3.63) is 0 Å². The van der Waals surface area contributed by atoms with Crippen LogP contribution in [0, 0.1) is 23.2 Å². The topological polar surface area (TPSA) is 164 Å². The Labute approximate surface area is 170 Å². The van der Waals surface area contributed by atoms with E-state index in [9.17, 15) is 24.8 Å². The van der Waals surface area contributed by atoms with Crippen LogP contribution in [0.1, 0.15) is 38.5 Å². The molecule has 0 spiro atoms. The third kappa shape index (κ3) is 4.72. The molecular weight excluding hydrogens is 401 g/mol. The van der Waals surface area contributed by atoms with E-state index >= 15 is 0 Å². The fraction of sp³-hybridized carbons (Fsp3) is 1.00. The fourth-order valence-electron chi connectivity index (χ4n) is 6.43. The fourth-order valence-corrected chi connectivity index (χ4v) is 7.39. The zero-order valence-corrected chi connectivity index (χ0v) is 17.4. The van der Waals surface area contributed by atoms with Crippen LogP contribution < -0.4 is 15.5 Å². The van der Waals surface area contributed by atoms with E-state index in [0.29, 0.717) is 6.54 Å². The van der Waals surface area contributed by atoms with E-state index in [1.165, 1.54) is 19.3 Å². The van der Waals surface area contributed by atoms with Gasteiger partial charge in [-0.1, -0.05) is 0 Å². The molecule has 4 aliphatic carbocycles. The highest BCUT2D eigenvalue weighted by atomic mass is 31.2. The van der Waals surface area contributed by atoms with Gasteiger partial charge in [0.25, 0.3) is 0 Å². The first kappa shape index (κ1) is 22.1. The number of rotatable bonds is 8. The Balaban J connectivity index is 1.25. The van der Waals surface area contributed by atoms with Gasteiger partial charge in [0.05, 0.1) is 19.3 Å². The summed E-state index contributed by atoms with van der Waals surface area (Å²) in [5.41, 5.74) is 0.120. The molecule has 8 N–H and O–H groups in total. The zero-order valence-electron chi connectivity index (χ0n) is 16.5. The van der Waals surface area contributed by atoms with Gasteiger partial charge in [0.15, 0.2) is 6.29 Å². The smallest absolute Gasteiger partial charge is 0.339 e. The van der Waals surface area contributed by atoms with Crippen molar-refractivity contribution in [2.75, 3.05) is 19.8 Å². The molecule has 5 fully saturated rings. The lowest BCUT2D eigenvalue weighted by Gasteiger charge is -2.57. The summed E-state index contributed by atoms with van der Waals surface area (Å²) in [5, 5.41) is 47.1. The molecule has 6 unspecified atom stereocenters. The van der Waals surface area contributed by atoms with Gasteiger partial charge in [-0.05, 0) is 61.7 Å². The summed E-state index contributed by atoms with van der Waals surface area (Å²) in [6.07, 6.45) is 2.01. The number of nitrogens with one attached hydrogen (secondary N) is 3. The van der Waals surface area contributed by atoms with Gasteiger partial charge in [-0.15, -0.1) is 0 Å². The minimum atomic E-state index is -3.82. The Kier molecular flexibility index (Phi) is 6.41. The van der Waals surface area contributed by atoms with E-state index in [1.54, 1.807) is 0 Å². The van der Waals surface area contributed by atoms with Crippen LogP contribution in [0.15, 0.2) is 0 Å². The molecule has 11 heteroatoms. The molecule has 0 aromatic heterocycles. The Morgan fingerprint density at radius 2 is 1.55 bits per heavy atom. The van der Waals surface area contributed by atoms with Crippen molar-refractivity contribution in [3.63, 3.8) is 0 Å². The van der Waals surface area contributed by atoms with E-state index in [0.717, 1.165) is 37.0 Å². The lowest BCUT2D eigenvalue weighted by atomic mass is 9.50. The van der Waals surface area contributed by atoms with E-state index in [4.69, 9.17) is 9.84 Å². The highest BCUT2D eigenvalue weighted by Crippen LogP contribution is 2.60. The molecule has 6 atom stereocenters. The lowest BCUT2D eigenvalue weighted by molar-refractivity contribution is -0.254. The Morgan fingerprint density at radius 1 is 0.966 bits per heavy atom. The predicted octanol–water partition coefficient (Wildman–Crippen LogP) is -1.17. The maximum atomic E-state index is 12.5. The number of aliphatic hydroxyl groups is 4. The van der Waals surface area contributed by atoms with Gasteiger partial charge in [0, 0.05) is 6.54 Å². The van der Waals surface area contributed by atoms with Crippen LogP contribution in [0.5, 0.6) is 0 Å². The minimum Gasteiger partial charge on any atom is -0.394 e. The number of hydrogen-bond acceptors (Lipinski definition) is 7. The van der Waals surface area contributed by atoms with Crippen LogP contribution >= 0.6 is 7.67 Å². The molecule has 4 saturated carbocycles. The summed E-state index contributed by atoms with van der Waals surface area (Å²) in [5.74, 6) is 2.29. The monoisotopic (exact) mass is 435 g/mol. The van der Waals surface area contributed by atoms with Gasteiger partial charge in [-0.3, -0.25) is 9.88 Å². The first-order valence-electron chi connectivity index (χ1n) is 10.6. The average molecular weight is 435 g/mol. The summed E-state index contributed by atoms with van der Waals surface area (Å²) in [7, 11) is -3.82. The predicted molar refractivity (Wildman–Crippen MR) is 103 cm³/mol. The van der Waals surface area contributed by atoms with Gasteiger partial charge in [0.1, 0.15) is 18.3 Å². The lowest BCUT2D eigenvalue weighted by Crippen LogP contribution is -2.64. The van der Waals surface area contributed by atoms with E-state index in [-0.39, 0.29) is 12.1 Å². The molecule has 1 heterocycles. The Morgan fingerprint density at radius 3 is 2.10 bits per heavy atom. The van der Waals surface area contributed by atoms with Gasteiger partial charge >= 0.3 is 7.67 Å². The standard InChI is InChI=1S/C18H34N3O7P/c22-7-13-15(23)16(24)14(17(25)28-13)19-9-21-29(26,27)20-8-18-4-10-1-11(5-18)3-12(2-10)6-18/h10-17,19,22-25H,1-9H2,(H3,20,21,26,27). The van der Waals surface area contributed by atoms with Crippen molar-refractivity contribution in [3.8, 4) is 0 Å². The van der Waals surface area contributed by atoms with Crippen molar-refractivity contribution in [1.82, 2.24) is 15.5 Å². The van der Waals surface area contributed by atoms with E-state index in [2.05, 4.69) is 15.5 Å². The maximum absolute atomic E-state index is 12.5. The molecule has 1 aliphatic heterocycles. The zero-order chi connectivity index (χ0) is 20.8. The van der Waals surface area contributed by atoms with E-state index < -0.39 is 44.9 Å². The molecule has 0 amide bonds. The average Bonchev–Trinajstić information content (AvgIpc) is 2.65. The molecule has 5 aliphatic rings. The number of ether oxygens (including phenoxy) is 1. The third-order valence-corrected chi connectivity index (χ3v) is 8.54. The molecule has 0 aromatic rings. The SMILES string of the molecule is O=P(O)(NCNC1C(O)OC(CO)C(O)C1O)NCC12CC3CC(CC(C3)C1)C2. The minimum absolute atomic E-state index is 0.120. The molecule has 168 valence electrons. The second-order valence-electron chi connectivity index (χ2n) is 9.62. The second kappa shape index (κ2) is 8.43. The van der Waals surface area contributed by atoms with Crippen LogP contribution in [-0.2, 0) is 9.30 Å². The summed E-state index contributed by atoms with van der Waals surface area (Å²) in [4.78, 5) is 10.3. The Hall–Kier alpha value is -0.130. The van der Waals surface area contributed by atoms with Crippen LogP contribution in [0.2, 0.25) is 0 Å². The van der Waals surface area contributed by atoms with Crippen LogP contribution in [0.4, 0.5) is 0 Å². The second-order valence-corrected chi connectivity index (χ2v) is 11.4. The molecule has 29 heavy (non-hydrogen) atoms. The van der Waals surface area contributed by atoms with Crippen molar-refractivity contribution in [1.29, 1.82) is 0 Å². The normalized spacial score (nSPS) is 48.6. The van der Waals surface area contributed by atoms with Crippen LogP contribution in [0.25, 0.3) is 0 Å². The van der Waals surface area contributed by atoms with Crippen LogP contribution in [-0.4, -0.2) is 75.8 Å².